The van der Waals surface area contributed by atoms with Crippen molar-refractivity contribution in [1.29, 1.82) is 0 Å². The molecule has 1 fully saturated rings. The van der Waals surface area contributed by atoms with Crippen LogP contribution < -0.4 is 11.3 Å². The molecular weight excluding hydrogens is 454 g/mol. The average Bonchev–Trinajstić information content (AvgIpc) is 3.56. The van der Waals surface area contributed by atoms with Crippen molar-refractivity contribution in [2.45, 2.75) is 12.8 Å². The molecule has 36 heavy (non-hydrogen) atoms. The number of nitrogens with two attached hydrogens (primary N) is 1. The molecule has 1 aliphatic heterocycles. The lowest BCUT2D eigenvalue weighted by atomic mass is 10.0. The fourth-order valence-corrected chi connectivity index (χ4v) is 4.78. The summed E-state index contributed by atoms with van der Waals surface area (Å²) >= 11 is 0. The third-order valence-corrected chi connectivity index (χ3v) is 6.71. The molecular formula is C28H23N5O3. The number of hydrogen-bond donors (Lipinski definition) is 3. The molecule has 1 amide bonds. The molecule has 178 valence electrons. The molecule has 1 saturated heterocycles. The lowest BCUT2D eigenvalue weighted by Gasteiger charge is -2.15. The second-order valence-electron chi connectivity index (χ2n) is 9.01. The number of ketones is 1. The summed E-state index contributed by atoms with van der Waals surface area (Å²) in [6.45, 7) is 1.52. The topological polar surface area (TPSA) is 125 Å². The zero-order chi connectivity index (χ0) is 24.8. The number of aromatic nitrogens is 3. The van der Waals surface area contributed by atoms with E-state index in [0.29, 0.717) is 50.0 Å². The number of nitrogens with one attached hydrogen (secondary N) is 2. The van der Waals surface area contributed by atoms with E-state index < -0.39 is 5.56 Å². The fraction of sp³-hybridized carbons (Fsp3) is 0.143. The lowest BCUT2D eigenvalue weighted by molar-refractivity contribution is 0.0792. The van der Waals surface area contributed by atoms with Gasteiger partial charge in [0.1, 0.15) is 0 Å². The Morgan fingerprint density at radius 1 is 0.833 bits per heavy atom. The first-order valence-corrected chi connectivity index (χ1v) is 11.8. The molecule has 3 aromatic carbocycles. The van der Waals surface area contributed by atoms with E-state index in [1.807, 2.05) is 23.1 Å². The number of aromatic amines is 2. The number of nitrogen functional groups attached to an aromatic ring is 1. The van der Waals surface area contributed by atoms with E-state index in [1.165, 1.54) is 0 Å². The first-order chi connectivity index (χ1) is 17.5. The Balaban J connectivity index is 1.42. The van der Waals surface area contributed by atoms with Crippen LogP contribution in [0.5, 0.6) is 0 Å². The van der Waals surface area contributed by atoms with Crippen molar-refractivity contribution < 1.29 is 9.59 Å². The summed E-state index contributed by atoms with van der Waals surface area (Å²) in [7, 11) is 0. The molecule has 1 aliphatic rings. The van der Waals surface area contributed by atoms with Gasteiger partial charge in [-0.1, -0.05) is 30.3 Å². The molecule has 0 unspecified atom stereocenters. The van der Waals surface area contributed by atoms with Gasteiger partial charge in [-0.3, -0.25) is 14.4 Å². The van der Waals surface area contributed by atoms with Crippen LogP contribution in [-0.4, -0.2) is 44.6 Å². The van der Waals surface area contributed by atoms with E-state index in [-0.39, 0.29) is 17.4 Å². The molecule has 3 heterocycles. The Morgan fingerprint density at radius 3 is 2.33 bits per heavy atom. The van der Waals surface area contributed by atoms with E-state index in [4.69, 9.17) is 5.73 Å². The number of benzene rings is 3. The number of amides is 1. The van der Waals surface area contributed by atoms with Gasteiger partial charge < -0.3 is 20.6 Å². The van der Waals surface area contributed by atoms with Crippen molar-refractivity contribution in [1.82, 2.24) is 19.9 Å². The Bertz CT molecular complexity index is 1710. The van der Waals surface area contributed by atoms with Gasteiger partial charge >= 0.3 is 0 Å². The zero-order valence-electron chi connectivity index (χ0n) is 19.4. The molecule has 0 radical (unpaired) electrons. The Labute approximate surface area is 205 Å². The minimum atomic E-state index is -0.406. The fourth-order valence-electron chi connectivity index (χ4n) is 4.78. The predicted octanol–water partition coefficient (Wildman–Crippen LogP) is 4.12. The first-order valence-electron chi connectivity index (χ1n) is 11.8. The number of carbonyl (C=O) groups is 2. The first kappa shape index (κ1) is 21.8. The number of H-pyrrole nitrogens is 2. The Hall–Kier alpha value is -4.72. The van der Waals surface area contributed by atoms with Gasteiger partial charge in [-0.15, -0.1) is 0 Å². The molecule has 5 aromatic rings. The second-order valence-corrected chi connectivity index (χ2v) is 9.01. The zero-order valence-corrected chi connectivity index (χ0v) is 19.4. The number of hydrogen-bond acceptors (Lipinski definition) is 5. The molecule has 2 aromatic heterocycles. The smallest absolute Gasteiger partial charge is 0.276 e. The monoisotopic (exact) mass is 477 g/mol. The minimum Gasteiger partial charge on any atom is -0.396 e. The minimum absolute atomic E-state index is 0.0196. The van der Waals surface area contributed by atoms with Gasteiger partial charge in [-0.25, -0.2) is 4.98 Å². The maximum absolute atomic E-state index is 12.9. The largest absolute Gasteiger partial charge is 0.396 e. The average molecular weight is 478 g/mol. The van der Waals surface area contributed by atoms with Crippen molar-refractivity contribution in [3.63, 3.8) is 0 Å². The summed E-state index contributed by atoms with van der Waals surface area (Å²) in [5, 5.41) is 0.657. The summed E-state index contributed by atoms with van der Waals surface area (Å²) in [6, 6.07) is 19.3. The molecule has 8 nitrogen and oxygen atoms in total. The van der Waals surface area contributed by atoms with Gasteiger partial charge in [0, 0.05) is 40.7 Å². The maximum atomic E-state index is 12.9. The molecule has 8 heteroatoms. The third kappa shape index (κ3) is 3.63. The highest BCUT2D eigenvalue weighted by atomic mass is 16.2. The van der Waals surface area contributed by atoms with E-state index >= 15 is 0 Å². The van der Waals surface area contributed by atoms with Crippen LogP contribution in [0.1, 0.15) is 39.1 Å². The van der Waals surface area contributed by atoms with E-state index in [1.54, 1.807) is 48.5 Å². The normalized spacial score (nSPS) is 13.5. The van der Waals surface area contributed by atoms with Gasteiger partial charge in [0.05, 0.1) is 22.4 Å². The van der Waals surface area contributed by atoms with Crippen LogP contribution in [0.3, 0.4) is 0 Å². The lowest BCUT2D eigenvalue weighted by Crippen LogP contribution is -2.27. The second kappa shape index (κ2) is 8.49. The highest BCUT2D eigenvalue weighted by molar-refractivity contribution is 6.10. The molecule has 0 atom stereocenters. The molecule has 0 aliphatic carbocycles. The molecule has 0 bridgehead atoms. The van der Waals surface area contributed by atoms with Gasteiger partial charge in [0.25, 0.3) is 11.5 Å². The van der Waals surface area contributed by atoms with Crippen LogP contribution in [0.4, 0.5) is 5.69 Å². The third-order valence-electron chi connectivity index (χ3n) is 6.71. The molecule has 0 spiro atoms. The summed E-state index contributed by atoms with van der Waals surface area (Å²) < 4.78 is 0. The van der Waals surface area contributed by atoms with Crippen molar-refractivity contribution in [3.05, 3.63) is 93.8 Å². The van der Waals surface area contributed by atoms with Crippen LogP contribution in [0, 0.1) is 0 Å². The summed E-state index contributed by atoms with van der Waals surface area (Å²) in [5.74, 6) is -0.152. The maximum Gasteiger partial charge on any atom is 0.276 e. The van der Waals surface area contributed by atoms with E-state index in [2.05, 4.69) is 15.0 Å². The SMILES string of the molecule is Nc1c(-c2nc3cc(C(=O)c4ccccc4)ccc3[nH]c2=O)[nH]c2ccc(C(=O)N3CCCC3)cc12. The van der Waals surface area contributed by atoms with E-state index in [0.717, 1.165) is 25.9 Å². The quantitative estimate of drug-likeness (QED) is 0.336. The van der Waals surface area contributed by atoms with Crippen LogP contribution in [0.25, 0.3) is 33.3 Å². The van der Waals surface area contributed by atoms with Crippen molar-refractivity contribution >= 4 is 39.3 Å². The number of fused-ring (bicyclic) bond motifs is 2. The van der Waals surface area contributed by atoms with Gasteiger partial charge in [-0.05, 0) is 49.2 Å². The highest BCUT2D eigenvalue weighted by Crippen LogP contribution is 2.32. The standard InChI is InChI=1S/C28H23N5O3/c29-23-19-14-18(28(36)33-12-4-5-13-33)9-10-20(19)30-24(23)25-27(35)32-21-11-8-17(15-22(21)31-25)26(34)16-6-2-1-3-7-16/h1-3,6-11,14-15,30H,4-5,12-13,29H2,(H,32,35). The van der Waals surface area contributed by atoms with Crippen molar-refractivity contribution in [3.8, 4) is 11.4 Å². The summed E-state index contributed by atoms with van der Waals surface area (Å²) in [4.78, 5) is 51.1. The molecule has 6 rings (SSSR count). The molecule has 0 saturated carbocycles. The van der Waals surface area contributed by atoms with Crippen LogP contribution in [0.2, 0.25) is 0 Å². The highest BCUT2D eigenvalue weighted by Gasteiger charge is 2.22. The number of nitrogens with zero attached hydrogens (tertiary/aromatic N) is 2. The summed E-state index contributed by atoms with van der Waals surface area (Å²) in [5.41, 5.74) is 10.2. The predicted molar refractivity (Wildman–Crippen MR) is 139 cm³/mol. The van der Waals surface area contributed by atoms with Crippen LogP contribution in [0.15, 0.2) is 71.5 Å². The number of likely N-dealkylation sites (tertiary alicyclic amines) is 1. The number of rotatable bonds is 4. The Morgan fingerprint density at radius 2 is 1.56 bits per heavy atom. The number of carbonyl (C=O) groups excluding carboxylic acids is 2. The summed E-state index contributed by atoms with van der Waals surface area (Å²) in [6.07, 6.45) is 2.03. The van der Waals surface area contributed by atoms with Gasteiger partial charge in [-0.2, -0.15) is 0 Å². The van der Waals surface area contributed by atoms with Crippen molar-refractivity contribution in [2.24, 2.45) is 0 Å². The Kier molecular flexibility index (Phi) is 5.14. The van der Waals surface area contributed by atoms with Crippen LogP contribution >= 0.6 is 0 Å². The van der Waals surface area contributed by atoms with Crippen molar-refractivity contribution in [2.75, 3.05) is 18.8 Å². The number of anilines is 1. The van der Waals surface area contributed by atoms with Gasteiger partial charge in [0.2, 0.25) is 0 Å². The van der Waals surface area contributed by atoms with E-state index in [9.17, 15) is 14.4 Å². The molecule has 4 N–H and O–H groups in total. The van der Waals surface area contributed by atoms with Gasteiger partial charge in [0.15, 0.2) is 11.5 Å². The van der Waals surface area contributed by atoms with Crippen LogP contribution in [-0.2, 0) is 0 Å².